The van der Waals surface area contributed by atoms with Gasteiger partial charge in [-0.2, -0.15) is 5.10 Å². The average molecular weight is 302 g/mol. The van der Waals surface area contributed by atoms with Crippen LogP contribution in [0, 0.1) is 5.82 Å². The summed E-state index contributed by atoms with van der Waals surface area (Å²) < 4.78 is 18.9. The molecule has 0 saturated carbocycles. The van der Waals surface area contributed by atoms with Crippen molar-refractivity contribution in [3.05, 3.63) is 53.9 Å². The number of fused-ring (bicyclic) bond motifs is 1. The lowest BCUT2D eigenvalue weighted by Crippen LogP contribution is -2.24. The number of nitrogens with zero attached hydrogens (tertiary/aromatic N) is 3. The Labute approximate surface area is 125 Å². The van der Waals surface area contributed by atoms with E-state index in [4.69, 9.17) is 17.0 Å². The maximum Gasteiger partial charge on any atom is 0.182 e. The number of hydrogen-bond donors (Lipinski definition) is 1. The third-order valence-electron chi connectivity index (χ3n) is 2.91. The number of halogens is 1. The molecule has 0 aliphatic carbocycles. The van der Waals surface area contributed by atoms with Crippen LogP contribution in [0.5, 0.6) is 5.75 Å². The molecule has 7 heteroatoms. The largest absolute Gasteiger partial charge is 0.488 e. The van der Waals surface area contributed by atoms with Gasteiger partial charge in [0, 0.05) is 18.8 Å². The minimum absolute atomic E-state index is 0.132. The molecule has 1 aliphatic rings. The molecule has 0 atom stereocenters. The molecular weight excluding hydrogens is 291 g/mol. The van der Waals surface area contributed by atoms with E-state index in [2.05, 4.69) is 20.5 Å². The Morgan fingerprint density at radius 2 is 2.19 bits per heavy atom. The van der Waals surface area contributed by atoms with E-state index in [1.807, 2.05) is 6.07 Å². The fourth-order valence-electron chi connectivity index (χ4n) is 1.92. The topological polar surface area (TPSA) is 59.4 Å². The average Bonchev–Trinajstić information content (AvgIpc) is 2.54. The van der Waals surface area contributed by atoms with Crippen molar-refractivity contribution in [1.82, 2.24) is 15.4 Å². The molecular formula is C14H11FN4OS. The van der Waals surface area contributed by atoms with Gasteiger partial charge in [0.05, 0.1) is 18.0 Å². The van der Waals surface area contributed by atoms with Crippen LogP contribution in [0.1, 0.15) is 17.8 Å². The molecule has 1 aliphatic heterocycles. The minimum atomic E-state index is -0.445. The summed E-state index contributed by atoms with van der Waals surface area (Å²) in [5.74, 6) is -0.312. The summed E-state index contributed by atoms with van der Waals surface area (Å²) in [6.07, 6.45) is 3.56. The lowest BCUT2D eigenvalue weighted by atomic mass is 10.1. The Morgan fingerprint density at radius 3 is 3.00 bits per heavy atom. The van der Waals surface area contributed by atoms with Crippen molar-refractivity contribution in [3.63, 3.8) is 0 Å². The molecule has 106 valence electrons. The minimum Gasteiger partial charge on any atom is -0.488 e. The number of hydrogen-bond acceptors (Lipinski definition) is 5. The van der Waals surface area contributed by atoms with E-state index in [0.717, 1.165) is 0 Å². The summed E-state index contributed by atoms with van der Waals surface area (Å²) in [7, 11) is 0. The fourth-order valence-corrected chi connectivity index (χ4v) is 2.08. The second-order valence-electron chi connectivity index (χ2n) is 4.28. The first-order valence-electron chi connectivity index (χ1n) is 6.31. The number of ether oxygens (including phenoxy) is 1. The molecule has 0 aromatic carbocycles. The van der Waals surface area contributed by atoms with E-state index in [0.29, 0.717) is 35.1 Å². The number of pyridine rings is 2. The van der Waals surface area contributed by atoms with Gasteiger partial charge in [0.15, 0.2) is 11.6 Å². The summed E-state index contributed by atoms with van der Waals surface area (Å²) in [4.78, 5) is 8.64. The molecule has 0 bridgehead atoms. The van der Waals surface area contributed by atoms with Crippen molar-refractivity contribution in [2.75, 3.05) is 6.61 Å². The standard InChI is InChI=1S/C14H11FN4OS/c15-9-4-7-17-12-10(5-8-20-13(9)12)18-19-14(21)11-3-1-2-6-16-11/h1-4,6-7H,5,8H2,(H,19,21)/b18-10-. The molecule has 0 amide bonds. The number of thiocarbonyl (C=S) groups is 1. The Balaban J connectivity index is 1.83. The Hall–Kier alpha value is -2.41. The van der Waals surface area contributed by atoms with E-state index in [9.17, 15) is 4.39 Å². The Bertz CT molecular complexity index is 705. The number of rotatable bonds is 2. The van der Waals surface area contributed by atoms with Gasteiger partial charge >= 0.3 is 0 Å². The summed E-state index contributed by atoms with van der Waals surface area (Å²) in [5, 5.41) is 4.22. The highest BCUT2D eigenvalue weighted by molar-refractivity contribution is 7.80. The zero-order valence-corrected chi connectivity index (χ0v) is 11.7. The van der Waals surface area contributed by atoms with E-state index >= 15 is 0 Å². The van der Waals surface area contributed by atoms with Crippen LogP contribution in [0.15, 0.2) is 41.8 Å². The molecule has 3 rings (SSSR count). The smallest absolute Gasteiger partial charge is 0.182 e. The molecule has 0 spiro atoms. The number of hydrazone groups is 1. The molecule has 0 radical (unpaired) electrons. The molecule has 1 N–H and O–H groups in total. The first-order chi connectivity index (χ1) is 10.3. The van der Waals surface area contributed by atoms with Gasteiger partial charge in [-0.05, 0) is 18.2 Å². The van der Waals surface area contributed by atoms with Gasteiger partial charge in [-0.15, -0.1) is 0 Å². The maximum atomic E-state index is 13.6. The zero-order chi connectivity index (χ0) is 14.7. The van der Waals surface area contributed by atoms with Crippen LogP contribution in [0.3, 0.4) is 0 Å². The van der Waals surface area contributed by atoms with Gasteiger partial charge in [-0.1, -0.05) is 18.3 Å². The van der Waals surface area contributed by atoms with Crippen LogP contribution in [-0.4, -0.2) is 27.3 Å². The van der Waals surface area contributed by atoms with Crippen LogP contribution in [0.4, 0.5) is 4.39 Å². The van der Waals surface area contributed by atoms with Crippen molar-refractivity contribution >= 4 is 22.9 Å². The van der Waals surface area contributed by atoms with Crippen molar-refractivity contribution in [1.29, 1.82) is 0 Å². The normalized spacial score (nSPS) is 15.2. The van der Waals surface area contributed by atoms with Gasteiger partial charge < -0.3 is 4.74 Å². The second kappa shape index (κ2) is 5.92. The predicted molar refractivity (Wildman–Crippen MR) is 79.9 cm³/mol. The monoisotopic (exact) mass is 302 g/mol. The molecule has 0 fully saturated rings. The molecule has 3 heterocycles. The Morgan fingerprint density at radius 1 is 1.29 bits per heavy atom. The summed E-state index contributed by atoms with van der Waals surface area (Å²) in [6.45, 7) is 0.354. The third-order valence-corrected chi connectivity index (χ3v) is 3.21. The molecule has 0 unspecified atom stereocenters. The molecule has 21 heavy (non-hydrogen) atoms. The highest BCUT2D eigenvalue weighted by Crippen LogP contribution is 2.25. The second-order valence-corrected chi connectivity index (χ2v) is 4.69. The van der Waals surface area contributed by atoms with Crippen LogP contribution in [0.2, 0.25) is 0 Å². The van der Waals surface area contributed by atoms with Crippen molar-refractivity contribution in [3.8, 4) is 5.75 Å². The highest BCUT2D eigenvalue weighted by atomic mass is 32.1. The van der Waals surface area contributed by atoms with Crippen LogP contribution in [0.25, 0.3) is 0 Å². The fraction of sp³-hybridized carbons (Fsp3) is 0.143. The summed E-state index contributed by atoms with van der Waals surface area (Å²) in [6, 6.07) is 6.68. The van der Waals surface area contributed by atoms with E-state index in [1.165, 1.54) is 12.3 Å². The molecule has 0 saturated heterocycles. The first kappa shape index (κ1) is 13.6. The molecule has 2 aromatic rings. The van der Waals surface area contributed by atoms with E-state index < -0.39 is 5.82 Å². The zero-order valence-electron chi connectivity index (χ0n) is 10.9. The lowest BCUT2D eigenvalue weighted by Gasteiger charge is -2.18. The Kier molecular flexibility index (Phi) is 3.83. The highest BCUT2D eigenvalue weighted by Gasteiger charge is 2.21. The van der Waals surface area contributed by atoms with Crippen molar-refractivity contribution < 1.29 is 9.13 Å². The van der Waals surface area contributed by atoms with Crippen molar-refractivity contribution in [2.24, 2.45) is 5.10 Å². The van der Waals surface area contributed by atoms with Crippen LogP contribution < -0.4 is 10.2 Å². The predicted octanol–water partition coefficient (Wildman–Crippen LogP) is 2.07. The van der Waals surface area contributed by atoms with Gasteiger partial charge in [0.25, 0.3) is 0 Å². The summed E-state index contributed by atoms with van der Waals surface area (Å²) >= 11 is 5.21. The van der Waals surface area contributed by atoms with Gasteiger partial charge in [0.2, 0.25) is 0 Å². The van der Waals surface area contributed by atoms with Gasteiger partial charge in [-0.25, -0.2) is 4.39 Å². The van der Waals surface area contributed by atoms with E-state index in [-0.39, 0.29) is 5.75 Å². The number of nitrogens with one attached hydrogen (secondary N) is 1. The molecule has 5 nitrogen and oxygen atoms in total. The van der Waals surface area contributed by atoms with E-state index in [1.54, 1.807) is 18.3 Å². The van der Waals surface area contributed by atoms with Crippen molar-refractivity contribution in [2.45, 2.75) is 6.42 Å². The first-order valence-corrected chi connectivity index (χ1v) is 6.72. The maximum absolute atomic E-state index is 13.6. The number of aromatic nitrogens is 2. The quantitative estimate of drug-likeness (QED) is 0.680. The molecule has 2 aromatic heterocycles. The van der Waals surface area contributed by atoms with Gasteiger partial charge in [-0.3, -0.25) is 15.4 Å². The van der Waals surface area contributed by atoms with Crippen LogP contribution in [-0.2, 0) is 0 Å². The SMILES string of the molecule is Fc1ccnc2c1OCC/C2=N/NC(=S)c1ccccn1. The lowest BCUT2D eigenvalue weighted by molar-refractivity contribution is 0.300. The van der Waals surface area contributed by atoms with Gasteiger partial charge in [0.1, 0.15) is 10.7 Å². The summed E-state index contributed by atoms with van der Waals surface area (Å²) in [5.41, 5.74) is 4.40. The van der Waals surface area contributed by atoms with Crippen LogP contribution >= 0.6 is 12.2 Å². The third kappa shape index (κ3) is 2.87.